The molecule has 0 saturated carbocycles. The molecule has 8 heteroatoms. The van der Waals surface area contributed by atoms with Gasteiger partial charge in [-0.15, -0.1) is 0 Å². The predicted octanol–water partition coefficient (Wildman–Crippen LogP) is 6.81. The minimum atomic E-state index is -10.7. The summed E-state index contributed by atoms with van der Waals surface area (Å²) in [6.07, 6.45) is 4.59. The van der Waals surface area contributed by atoms with E-state index >= 15 is 0 Å². The van der Waals surface area contributed by atoms with Gasteiger partial charge in [-0.2, -0.15) is 0 Å². The molecule has 1 aromatic heterocycles. The number of pyridine rings is 1. The van der Waals surface area contributed by atoms with E-state index in [2.05, 4.69) is 66.3 Å². The molecule has 0 aliphatic heterocycles. The summed E-state index contributed by atoms with van der Waals surface area (Å²) in [6.45, 7) is 0. The normalized spacial score (nSPS) is 15.8. The molecule has 0 unspecified atom stereocenters. The van der Waals surface area contributed by atoms with Crippen LogP contribution in [0.4, 0.5) is 25.2 Å². The van der Waals surface area contributed by atoms with Gasteiger partial charge in [-0.1, -0.05) is 36.4 Å². The van der Waals surface area contributed by atoms with E-state index in [1.165, 1.54) is 33.2 Å². The average molecular weight is 391 g/mol. The number of aromatic nitrogens is 1. The first-order chi connectivity index (χ1) is 11.8. The van der Waals surface area contributed by atoms with Crippen LogP contribution < -0.4 is 4.57 Å². The van der Waals surface area contributed by atoms with Gasteiger partial charge in [0.05, 0.1) is 5.39 Å². The summed E-state index contributed by atoms with van der Waals surface area (Å²) in [7, 11) is -8.52. The van der Waals surface area contributed by atoms with Crippen molar-refractivity contribution in [1.82, 2.24) is 0 Å². The van der Waals surface area contributed by atoms with Crippen LogP contribution in [0.1, 0.15) is 11.1 Å². The van der Waals surface area contributed by atoms with Gasteiger partial charge in [0.2, 0.25) is 5.52 Å². The molecule has 0 bridgehead atoms. The summed E-state index contributed by atoms with van der Waals surface area (Å²) in [5.74, 6) is 0. The van der Waals surface area contributed by atoms with E-state index in [-0.39, 0.29) is 0 Å². The summed E-state index contributed by atoms with van der Waals surface area (Å²) in [5, 5.41) is 1.40. The summed E-state index contributed by atoms with van der Waals surface area (Å²) in [4.78, 5) is 0. The second-order valence-electron chi connectivity index (χ2n) is 6.26. The van der Waals surface area contributed by atoms with Crippen molar-refractivity contribution in [3.8, 4) is 11.1 Å². The van der Waals surface area contributed by atoms with E-state index in [1.807, 2.05) is 0 Å². The van der Waals surface area contributed by atoms with Gasteiger partial charge in [0.25, 0.3) is 0 Å². The SMILES string of the molecule is C[n+]1cc2c(c3ccccc31)CCc1ccccc1-2.F[P-](F)(F)(F)(F)F. The minimum absolute atomic E-state index is 1.15. The number of hydrogen-bond donors (Lipinski definition) is 0. The number of nitrogens with zero attached hydrogens (tertiary/aromatic N) is 1. The van der Waals surface area contributed by atoms with E-state index in [0.29, 0.717) is 0 Å². The van der Waals surface area contributed by atoms with Crippen LogP contribution in [0, 0.1) is 0 Å². The standard InChI is InChI=1S/C18H16N.F6P/c1-19-12-17-14-7-3-2-6-13(14)10-11-15(17)16-8-4-5-9-18(16)19;1-7(2,3,4,5)6/h2-9,12H,10-11H2,1H3;/q+1;-1. The third kappa shape index (κ3) is 4.73. The Morgan fingerprint density at radius 2 is 1.35 bits per heavy atom. The van der Waals surface area contributed by atoms with Gasteiger partial charge in [-0.05, 0) is 35.6 Å². The third-order valence-corrected chi connectivity index (χ3v) is 4.21. The summed E-state index contributed by atoms with van der Waals surface area (Å²) < 4.78 is 61.4. The molecule has 4 rings (SSSR count). The molecule has 0 fully saturated rings. The molecule has 0 radical (unpaired) electrons. The van der Waals surface area contributed by atoms with Gasteiger partial charge >= 0.3 is 33.0 Å². The van der Waals surface area contributed by atoms with Crippen molar-refractivity contribution >= 4 is 18.7 Å². The van der Waals surface area contributed by atoms with Gasteiger partial charge in [0.15, 0.2) is 6.20 Å². The van der Waals surface area contributed by atoms with Crippen molar-refractivity contribution < 1.29 is 29.7 Å². The fraction of sp³-hybridized carbons (Fsp3) is 0.167. The van der Waals surface area contributed by atoms with E-state index in [4.69, 9.17) is 0 Å². The third-order valence-electron chi connectivity index (χ3n) is 4.21. The first-order valence-corrected chi connectivity index (χ1v) is 9.87. The molecule has 26 heavy (non-hydrogen) atoms. The monoisotopic (exact) mass is 391 g/mol. The number of benzene rings is 2. The number of para-hydroxylation sites is 1. The Morgan fingerprint density at radius 1 is 0.769 bits per heavy atom. The van der Waals surface area contributed by atoms with Crippen LogP contribution in [0.25, 0.3) is 22.0 Å². The zero-order valence-corrected chi connectivity index (χ0v) is 14.7. The van der Waals surface area contributed by atoms with Gasteiger partial charge in [0.1, 0.15) is 7.05 Å². The van der Waals surface area contributed by atoms with Gasteiger partial charge < -0.3 is 0 Å². The molecule has 1 aliphatic carbocycles. The maximum absolute atomic E-state index is 10.7. The molecular weight excluding hydrogens is 375 g/mol. The van der Waals surface area contributed by atoms with E-state index in [9.17, 15) is 25.2 Å². The van der Waals surface area contributed by atoms with E-state index < -0.39 is 7.81 Å². The van der Waals surface area contributed by atoms with Crippen LogP contribution in [0.15, 0.2) is 54.7 Å². The van der Waals surface area contributed by atoms with Crippen LogP contribution in [-0.2, 0) is 19.9 Å². The predicted molar refractivity (Wildman–Crippen MR) is 91.5 cm³/mol. The molecule has 0 N–H and O–H groups in total. The summed E-state index contributed by atoms with van der Waals surface area (Å²) in [5.41, 5.74) is 7.12. The van der Waals surface area contributed by atoms with Crippen molar-refractivity contribution in [2.45, 2.75) is 12.8 Å². The Hall–Kier alpha value is -2.14. The first kappa shape index (κ1) is 18.6. The molecule has 0 saturated heterocycles. The molecule has 1 heterocycles. The van der Waals surface area contributed by atoms with Crippen LogP contribution >= 0.6 is 7.81 Å². The Balaban J connectivity index is 0.000000242. The second-order valence-corrected chi connectivity index (χ2v) is 8.18. The fourth-order valence-electron chi connectivity index (χ4n) is 3.28. The molecular formula is C18H16F6NP. The quantitative estimate of drug-likeness (QED) is 0.225. The van der Waals surface area contributed by atoms with Gasteiger partial charge in [0, 0.05) is 11.6 Å². The molecule has 2 aromatic carbocycles. The van der Waals surface area contributed by atoms with E-state index in [1.54, 1.807) is 0 Å². The second kappa shape index (κ2) is 5.43. The molecule has 1 nitrogen and oxygen atoms in total. The molecule has 3 aromatic rings. The van der Waals surface area contributed by atoms with Crippen LogP contribution in [0.2, 0.25) is 0 Å². The first-order valence-electron chi connectivity index (χ1n) is 7.84. The number of fused-ring (bicyclic) bond motifs is 5. The number of aryl methyl sites for hydroxylation is 3. The number of rotatable bonds is 0. The Bertz CT molecular complexity index is 985. The Kier molecular flexibility index (Phi) is 3.89. The van der Waals surface area contributed by atoms with Crippen molar-refractivity contribution in [1.29, 1.82) is 0 Å². The molecule has 0 atom stereocenters. The molecule has 1 aliphatic rings. The number of hydrogen-bond acceptors (Lipinski definition) is 0. The Labute approximate surface area is 146 Å². The van der Waals surface area contributed by atoms with E-state index in [0.717, 1.165) is 12.8 Å². The van der Waals surface area contributed by atoms with Crippen molar-refractivity contribution in [2.24, 2.45) is 7.05 Å². The maximum atomic E-state index is 9.87. The molecule has 0 amide bonds. The van der Waals surface area contributed by atoms with Crippen molar-refractivity contribution in [2.75, 3.05) is 0 Å². The number of halogens is 6. The molecule has 0 spiro atoms. The van der Waals surface area contributed by atoms with Crippen LogP contribution in [0.5, 0.6) is 0 Å². The summed E-state index contributed by atoms with van der Waals surface area (Å²) >= 11 is 0. The zero-order valence-electron chi connectivity index (χ0n) is 13.8. The Morgan fingerprint density at radius 3 is 2.04 bits per heavy atom. The van der Waals surface area contributed by atoms with Crippen molar-refractivity contribution in [3.63, 3.8) is 0 Å². The zero-order chi connectivity index (χ0) is 19.2. The van der Waals surface area contributed by atoms with Crippen molar-refractivity contribution in [3.05, 3.63) is 65.9 Å². The van der Waals surface area contributed by atoms with Gasteiger partial charge in [-0.25, -0.2) is 4.57 Å². The fourth-order valence-corrected chi connectivity index (χ4v) is 3.28. The summed E-state index contributed by atoms with van der Waals surface area (Å²) in [6, 6.07) is 17.5. The topological polar surface area (TPSA) is 3.88 Å². The van der Waals surface area contributed by atoms with Crippen LogP contribution in [-0.4, -0.2) is 0 Å². The molecule has 140 valence electrons. The van der Waals surface area contributed by atoms with Crippen LogP contribution in [0.3, 0.4) is 0 Å². The average Bonchev–Trinajstić information content (AvgIpc) is 2.52. The van der Waals surface area contributed by atoms with Gasteiger partial charge in [-0.3, -0.25) is 0 Å².